The summed E-state index contributed by atoms with van der Waals surface area (Å²) in [6.07, 6.45) is 3.26. The monoisotopic (exact) mass is 424 g/mol. The summed E-state index contributed by atoms with van der Waals surface area (Å²) >= 11 is 1.34. The number of rotatable bonds is 6. The van der Waals surface area contributed by atoms with Gasteiger partial charge in [-0.05, 0) is 42.3 Å². The van der Waals surface area contributed by atoms with Crippen LogP contribution in [0.15, 0.2) is 66.1 Å². The van der Waals surface area contributed by atoms with Gasteiger partial charge in [-0.25, -0.2) is 13.8 Å². The van der Waals surface area contributed by atoms with E-state index in [-0.39, 0.29) is 24.1 Å². The van der Waals surface area contributed by atoms with E-state index in [0.29, 0.717) is 38.8 Å². The molecule has 0 spiro atoms. The molecule has 1 amide bonds. The smallest absolute Gasteiger partial charge is 0.244 e. The zero-order chi connectivity index (χ0) is 21.1. The standard InChI is InChI=1S/C22H18F2N4OS/c1-14-6-7-16(10-18(14)24)26-21(29)12-28-20-11-25-9-8-19(20)27-22(28)30-13-15-4-2-3-5-17(15)23/h2-11H,12-13H2,1H3,(H,26,29). The molecular formula is C22H18F2N4OS. The molecular weight excluding hydrogens is 406 g/mol. The quantitative estimate of drug-likeness (QED) is 0.445. The molecule has 8 heteroatoms. The van der Waals surface area contributed by atoms with Gasteiger partial charge in [0.1, 0.15) is 18.2 Å². The van der Waals surface area contributed by atoms with Crippen LogP contribution in [0.2, 0.25) is 0 Å². The number of amides is 1. The Morgan fingerprint density at radius 1 is 1.13 bits per heavy atom. The molecule has 1 N–H and O–H groups in total. The van der Waals surface area contributed by atoms with Gasteiger partial charge in [0.2, 0.25) is 5.91 Å². The summed E-state index contributed by atoms with van der Waals surface area (Å²) in [5, 5.41) is 3.28. The predicted molar refractivity (Wildman–Crippen MR) is 113 cm³/mol. The normalized spacial score (nSPS) is 11.0. The Kier molecular flexibility index (Phi) is 5.76. The minimum absolute atomic E-state index is 0.0305. The fourth-order valence-corrected chi connectivity index (χ4v) is 3.98. The molecule has 2 aromatic carbocycles. The topological polar surface area (TPSA) is 59.8 Å². The van der Waals surface area contributed by atoms with Crippen LogP contribution in [0.5, 0.6) is 0 Å². The first-order valence-corrected chi connectivity index (χ1v) is 10.2. The van der Waals surface area contributed by atoms with Crippen molar-refractivity contribution in [3.05, 3.63) is 83.7 Å². The number of halogens is 2. The van der Waals surface area contributed by atoms with E-state index in [9.17, 15) is 13.6 Å². The van der Waals surface area contributed by atoms with Crippen LogP contribution < -0.4 is 5.32 Å². The molecule has 0 atom stereocenters. The maximum atomic E-state index is 14.0. The molecule has 0 aliphatic heterocycles. The second-order valence-electron chi connectivity index (χ2n) is 6.74. The Bertz CT molecular complexity index is 1220. The molecule has 0 aliphatic rings. The second-order valence-corrected chi connectivity index (χ2v) is 7.68. The van der Waals surface area contributed by atoms with E-state index in [1.54, 1.807) is 60.3 Å². The minimum atomic E-state index is -0.383. The SMILES string of the molecule is Cc1ccc(NC(=O)Cn2c(SCc3ccccc3F)nc3ccncc32)cc1F. The Balaban J connectivity index is 1.57. The summed E-state index contributed by atoms with van der Waals surface area (Å²) in [6, 6.07) is 12.9. The third kappa shape index (κ3) is 4.33. The third-order valence-electron chi connectivity index (χ3n) is 4.59. The Morgan fingerprint density at radius 2 is 1.97 bits per heavy atom. The molecule has 0 aliphatic carbocycles. The summed E-state index contributed by atoms with van der Waals surface area (Å²) < 4.78 is 29.5. The predicted octanol–water partition coefficient (Wildman–Crippen LogP) is 4.95. The van der Waals surface area contributed by atoms with Crippen LogP contribution in [0.25, 0.3) is 11.0 Å². The summed E-state index contributed by atoms with van der Waals surface area (Å²) in [6.45, 7) is 1.63. The number of hydrogen-bond donors (Lipinski definition) is 1. The fraction of sp³-hybridized carbons (Fsp3) is 0.136. The van der Waals surface area contributed by atoms with Gasteiger partial charge in [0.05, 0.1) is 17.2 Å². The number of benzene rings is 2. The number of fused-ring (bicyclic) bond motifs is 1. The number of pyridine rings is 1. The van der Waals surface area contributed by atoms with Crippen molar-refractivity contribution in [3.8, 4) is 0 Å². The number of hydrogen-bond acceptors (Lipinski definition) is 4. The second kappa shape index (κ2) is 8.62. The van der Waals surface area contributed by atoms with Gasteiger partial charge in [-0.15, -0.1) is 0 Å². The fourth-order valence-electron chi connectivity index (χ4n) is 2.98. The van der Waals surface area contributed by atoms with Crippen molar-refractivity contribution in [1.82, 2.24) is 14.5 Å². The highest BCUT2D eigenvalue weighted by Crippen LogP contribution is 2.27. The van der Waals surface area contributed by atoms with Crippen LogP contribution in [-0.4, -0.2) is 20.4 Å². The highest BCUT2D eigenvalue weighted by atomic mass is 32.2. The molecule has 4 aromatic rings. The van der Waals surface area contributed by atoms with Crippen molar-refractivity contribution in [2.75, 3.05) is 5.32 Å². The Labute approximate surface area is 176 Å². The third-order valence-corrected chi connectivity index (χ3v) is 5.61. The Hall–Kier alpha value is -3.26. The van der Waals surface area contributed by atoms with Crippen LogP contribution in [0.4, 0.5) is 14.5 Å². The minimum Gasteiger partial charge on any atom is -0.324 e. The largest absolute Gasteiger partial charge is 0.324 e. The molecule has 0 radical (unpaired) electrons. The van der Waals surface area contributed by atoms with E-state index in [2.05, 4.69) is 15.3 Å². The van der Waals surface area contributed by atoms with Gasteiger partial charge in [-0.3, -0.25) is 9.78 Å². The average Bonchev–Trinajstić information content (AvgIpc) is 3.07. The number of thioether (sulfide) groups is 1. The van der Waals surface area contributed by atoms with Crippen molar-refractivity contribution in [2.45, 2.75) is 24.4 Å². The van der Waals surface area contributed by atoms with Gasteiger partial charge in [-0.1, -0.05) is 36.0 Å². The zero-order valence-corrected chi connectivity index (χ0v) is 16.9. The number of anilines is 1. The number of nitrogens with one attached hydrogen (secondary N) is 1. The number of nitrogens with zero attached hydrogens (tertiary/aromatic N) is 3. The highest BCUT2D eigenvalue weighted by molar-refractivity contribution is 7.98. The maximum absolute atomic E-state index is 14.0. The maximum Gasteiger partial charge on any atom is 0.244 e. The van der Waals surface area contributed by atoms with Crippen molar-refractivity contribution in [2.24, 2.45) is 0 Å². The lowest BCUT2D eigenvalue weighted by Crippen LogP contribution is -2.19. The van der Waals surface area contributed by atoms with Gasteiger partial charge in [0.25, 0.3) is 0 Å². The van der Waals surface area contributed by atoms with Gasteiger partial charge < -0.3 is 9.88 Å². The van der Waals surface area contributed by atoms with E-state index in [0.717, 1.165) is 0 Å². The van der Waals surface area contributed by atoms with Crippen LogP contribution in [0, 0.1) is 18.6 Å². The lowest BCUT2D eigenvalue weighted by Gasteiger charge is -2.10. The number of imidazole rings is 1. The first-order valence-electron chi connectivity index (χ1n) is 9.24. The summed E-state index contributed by atoms with van der Waals surface area (Å²) in [5.41, 5.74) is 2.82. The summed E-state index contributed by atoms with van der Waals surface area (Å²) in [7, 11) is 0. The van der Waals surface area contributed by atoms with Gasteiger partial charge >= 0.3 is 0 Å². The van der Waals surface area contributed by atoms with E-state index in [4.69, 9.17) is 0 Å². The molecule has 0 bridgehead atoms. The van der Waals surface area contributed by atoms with E-state index < -0.39 is 0 Å². The molecule has 5 nitrogen and oxygen atoms in total. The lowest BCUT2D eigenvalue weighted by molar-refractivity contribution is -0.116. The van der Waals surface area contributed by atoms with E-state index in [1.807, 2.05) is 0 Å². The van der Waals surface area contributed by atoms with Gasteiger partial charge in [0, 0.05) is 17.6 Å². The lowest BCUT2D eigenvalue weighted by atomic mass is 10.2. The van der Waals surface area contributed by atoms with Crippen LogP contribution in [0.3, 0.4) is 0 Å². The van der Waals surface area contributed by atoms with Crippen LogP contribution in [0.1, 0.15) is 11.1 Å². The van der Waals surface area contributed by atoms with Crippen molar-refractivity contribution in [3.63, 3.8) is 0 Å². The van der Waals surface area contributed by atoms with Crippen molar-refractivity contribution < 1.29 is 13.6 Å². The highest BCUT2D eigenvalue weighted by Gasteiger charge is 2.16. The molecule has 152 valence electrons. The number of carbonyl (C=O) groups excluding carboxylic acids is 1. The van der Waals surface area contributed by atoms with Gasteiger partial charge in [0.15, 0.2) is 5.16 Å². The molecule has 0 saturated carbocycles. The van der Waals surface area contributed by atoms with Crippen LogP contribution >= 0.6 is 11.8 Å². The van der Waals surface area contributed by atoms with Crippen molar-refractivity contribution >= 4 is 34.4 Å². The number of aromatic nitrogens is 3. The molecule has 2 aromatic heterocycles. The Morgan fingerprint density at radius 3 is 2.77 bits per heavy atom. The van der Waals surface area contributed by atoms with Gasteiger partial charge in [-0.2, -0.15) is 0 Å². The van der Waals surface area contributed by atoms with E-state index in [1.165, 1.54) is 23.9 Å². The number of aryl methyl sites for hydroxylation is 1. The molecule has 2 heterocycles. The van der Waals surface area contributed by atoms with Crippen molar-refractivity contribution in [1.29, 1.82) is 0 Å². The number of carbonyl (C=O) groups is 1. The first kappa shape index (κ1) is 20.0. The molecule has 0 saturated heterocycles. The van der Waals surface area contributed by atoms with Crippen LogP contribution in [-0.2, 0) is 17.1 Å². The molecule has 0 unspecified atom stereocenters. The molecule has 0 fully saturated rings. The summed E-state index contributed by atoms with van der Waals surface area (Å²) in [5.74, 6) is -0.623. The zero-order valence-electron chi connectivity index (χ0n) is 16.1. The first-order chi connectivity index (χ1) is 14.5. The van der Waals surface area contributed by atoms with E-state index >= 15 is 0 Å². The molecule has 4 rings (SSSR count). The summed E-state index contributed by atoms with van der Waals surface area (Å²) in [4.78, 5) is 21.3. The average molecular weight is 424 g/mol. The molecule has 30 heavy (non-hydrogen) atoms.